The molecule has 2 amide bonds. The van der Waals surface area contributed by atoms with Gasteiger partial charge in [0, 0.05) is 16.9 Å². The number of para-hydroxylation sites is 2. The fourth-order valence-corrected chi connectivity index (χ4v) is 9.77. The Morgan fingerprint density at radius 3 is 1.80 bits per heavy atom. The summed E-state index contributed by atoms with van der Waals surface area (Å²) in [6, 6.07) is 38.0. The maximum absolute atomic E-state index is 15.8. The van der Waals surface area contributed by atoms with E-state index in [0.717, 1.165) is 28.1 Å². The van der Waals surface area contributed by atoms with Gasteiger partial charge in [-0.25, -0.2) is 0 Å². The van der Waals surface area contributed by atoms with Gasteiger partial charge in [0.25, 0.3) is 5.91 Å². The second kappa shape index (κ2) is 14.9. The summed E-state index contributed by atoms with van der Waals surface area (Å²) in [6.45, 7) is 23.2. The van der Waals surface area contributed by atoms with Crippen molar-refractivity contribution in [2.24, 2.45) is 0 Å². The quantitative estimate of drug-likeness (QED) is 0.151. The number of nitrogens with zero attached hydrogens (tertiary/aromatic N) is 2. The van der Waals surface area contributed by atoms with Crippen LogP contribution in [-0.4, -0.2) is 40.7 Å². The largest absolute Gasteiger partial charge is 0.411 e. The first kappa shape index (κ1) is 39.6. The zero-order chi connectivity index (χ0) is 39.1. The number of hydrogen-bond acceptors (Lipinski definition) is 4. The van der Waals surface area contributed by atoms with Crippen LogP contribution in [0.4, 0.5) is 11.4 Å². The Morgan fingerprint density at radius 1 is 0.722 bits per heavy atom. The maximum Gasteiger partial charge on any atom is 0.255 e. The van der Waals surface area contributed by atoms with Crippen LogP contribution < -0.4 is 9.80 Å². The van der Waals surface area contributed by atoms with Crippen LogP contribution >= 0.6 is 0 Å². The van der Waals surface area contributed by atoms with Crippen molar-refractivity contribution >= 4 is 39.8 Å². The van der Waals surface area contributed by atoms with Gasteiger partial charge in [0.1, 0.15) is 5.41 Å². The molecule has 8 heteroatoms. The van der Waals surface area contributed by atoms with Crippen LogP contribution in [0.1, 0.15) is 64.7 Å². The molecule has 4 aromatic rings. The van der Waals surface area contributed by atoms with E-state index in [-0.39, 0.29) is 21.9 Å². The van der Waals surface area contributed by atoms with E-state index in [0.29, 0.717) is 25.1 Å². The number of amides is 2. The molecule has 0 saturated heterocycles. The predicted octanol–water partition coefficient (Wildman–Crippen LogP) is 10.8. The van der Waals surface area contributed by atoms with Crippen molar-refractivity contribution < 1.29 is 18.4 Å². The first-order chi connectivity index (χ1) is 25.4. The molecule has 3 atom stereocenters. The summed E-state index contributed by atoms with van der Waals surface area (Å²) >= 11 is 0. The normalized spacial score (nSPS) is 20.5. The summed E-state index contributed by atoms with van der Waals surface area (Å²) in [7, 11) is -4.81. The monoisotopic (exact) mass is 758 g/mol. The third kappa shape index (κ3) is 7.58. The van der Waals surface area contributed by atoms with Crippen LogP contribution in [0.2, 0.25) is 36.3 Å². The summed E-state index contributed by atoms with van der Waals surface area (Å²) in [5.41, 5.74) is 3.61. The Bertz CT molecular complexity index is 1980. The lowest BCUT2D eigenvalue weighted by molar-refractivity contribution is -0.127. The molecular weight excluding hydrogens is 701 g/mol. The van der Waals surface area contributed by atoms with Crippen molar-refractivity contribution in [1.29, 1.82) is 0 Å². The van der Waals surface area contributed by atoms with Crippen molar-refractivity contribution in [3.8, 4) is 0 Å². The van der Waals surface area contributed by atoms with Crippen molar-refractivity contribution in [3.05, 3.63) is 144 Å². The molecule has 6 rings (SSSR count). The lowest BCUT2D eigenvalue weighted by Gasteiger charge is -2.49. The Kier molecular flexibility index (Phi) is 10.9. The summed E-state index contributed by atoms with van der Waals surface area (Å²) < 4.78 is 14.7. The number of rotatable bonds is 10. The first-order valence-corrected chi connectivity index (χ1v) is 25.1. The van der Waals surface area contributed by atoms with Crippen molar-refractivity contribution in [2.45, 2.75) is 115 Å². The van der Waals surface area contributed by atoms with Crippen LogP contribution in [0.3, 0.4) is 0 Å². The average Bonchev–Trinajstić information content (AvgIpc) is 3.34. The molecule has 0 bridgehead atoms. The van der Waals surface area contributed by atoms with Crippen LogP contribution in [0, 0.1) is 0 Å². The highest BCUT2D eigenvalue weighted by Crippen LogP contribution is 2.54. The molecular formula is C46H58N2O4Si2. The highest BCUT2D eigenvalue weighted by atomic mass is 28.4. The maximum atomic E-state index is 15.8. The molecule has 4 aromatic carbocycles. The minimum atomic E-state index is -2.41. The van der Waals surface area contributed by atoms with Gasteiger partial charge in [-0.05, 0) is 83.7 Å². The fourth-order valence-electron chi connectivity index (χ4n) is 7.19. The van der Waals surface area contributed by atoms with E-state index >= 15 is 9.59 Å². The van der Waals surface area contributed by atoms with Gasteiger partial charge in [0.2, 0.25) is 5.91 Å². The Balaban J connectivity index is 1.60. The smallest absolute Gasteiger partial charge is 0.255 e. The number of hydrogen-bond donors (Lipinski definition) is 0. The minimum Gasteiger partial charge on any atom is -0.411 e. The molecule has 0 fully saturated rings. The first-order valence-electron chi connectivity index (χ1n) is 19.3. The summed E-state index contributed by atoms with van der Waals surface area (Å²) in [5, 5.41) is -0.175. The second-order valence-corrected chi connectivity index (χ2v) is 27.6. The van der Waals surface area contributed by atoms with Gasteiger partial charge in [0.05, 0.1) is 25.3 Å². The molecule has 0 aromatic heterocycles. The standard InChI is InChI=1S/C46H58N2O4Si2/c1-44(2,3)53(7,8)51-40-30-38(42(49)47(36-26-18-13-19-27-36)32-34-22-14-11-15-23-34)46(31-41(40)52-54(9,10)45(4,5)6)37-28-20-21-29-39(37)48(43(46)50)33-35-24-16-12-17-25-35/h11-30,40-41H,31-33H2,1-10H3/t40-,41-,46+/m1/s1. The number of anilines is 2. The fraction of sp³-hybridized carbons (Fsp3) is 0.391. The van der Waals surface area contributed by atoms with E-state index in [1.165, 1.54) is 0 Å². The topological polar surface area (TPSA) is 59.1 Å². The predicted molar refractivity (Wildman–Crippen MR) is 227 cm³/mol. The van der Waals surface area contributed by atoms with Gasteiger partial charge in [-0.1, -0.05) is 139 Å². The number of benzene rings is 4. The van der Waals surface area contributed by atoms with Gasteiger partial charge in [-0.2, -0.15) is 0 Å². The molecule has 1 heterocycles. The van der Waals surface area contributed by atoms with Gasteiger partial charge in [0.15, 0.2) is 16.6 Å². The van der Waals surface area contributed by atoms with Crippen molar-refractivity contribution in [3.63, 3.8) is 0 Å². The molecule has 1 spiro atoms. The van der Waals surface area contributed by atoms with Crippen molar-refractivity contribution in [2.75, 3.05) is 9.80 Å². The van der Waals surface area contributed by atoms with E-state index in [9.17, 15) is 0 Å². The Morgan fingerprint density at radius 2 is 1.22 bits per heavy atom. The minimum absolute atomic E-state index is 0.0851. The SMILES string of the molecule is CC(C)(C)[Si](C)(C)O[C@@H]1C=C(C(=O)N(Cc2ccccc2)c2ccccc2)[C@@]2(C[C@H]1O[Si](C)(C)C(C)(C)C)C(=O)N(Cc1ccccc1)c1ccccc12. The van der Waals surface area contributed by atoms with Crippen LogP contribution in [0.15, 0.2) is 127 Å². The number of fused-ring (bicyclic) bond motifs is 2. The Hall–Kier alpha value is -4.09. The highest BCUT2D eigenvalue weighted by Gasteiger charge is 2.60. The number of carbonyl (C=O) groups is 2. The van der Waals surface area contributed by atoms with Gasteiger partial charge >= 0.3 is 0 Å². The van der Waals surface area contributed by atoms with E-state index in [1.54, 1.807) is 0 Å². The lowest BCUT2D eigenvalue weighted by atomic mass is 9.66. The molecule has 0 radical (unpaired) electrons. The molecule has 6 nitrogen and oxygen atoms in total. The third-order valence-corrected chi connectivity index (χ3v) is 21.3. The Labute approximate surface area is 325 Å². The van der Waals surface area contributed by atoms with Gasteiger partial charge < -0.3 is 18.7 Å². The van der Waals surface area contributed by atoms with Crippen LogP contribution in [-0.2, 0) is 36.9 Å². The molecule has 1 aliphatic carbocycles. The van der Waals surface area contributed by atoms with E-state index in [2.05, 4.69) is 67.7 Å². The average molecular weight is 759 g/mol. The molecule has 0 saturated carbocycles. The lowest BCUT2D eigenvalue weighted by Crippen LogP contribution is -2.58. The van der Waals surface area contributed by atoms with E-state index < -0.39 is 34.3 Å². The zero-order valence-corrected chi connectivity index (χ0v) is 35.9. The molecule has 2 aliphatic rings. The molecule has 0 N–H and O–H groups in total. The summed E-state index contributed by atoms with van der Waals surface area (Å²) in [6.07, 6.45) is 1.32. The molecule has 1 aliphatic heterocycles. The summed E-state index contributed by atoms with van der Waals surface area (Å²) in [4.78, 5) is 35.1. The zero-order valence-electron chi connectivity index (χ0n) is 33.9. The second-order valence-electron chi connectivity index (χ2n) is 18.1. The van der Waals surface area contributed by atoms with E-state index in [1.807, 2.05) is 131 Å². The molecule has 0 unspecified atom stereocenters. The van der Waals surface area contributed by atoms with Gasteiger partial charge in [-0.3, -0.25) is 9.59 Å². The van der Waals surface area contributed by atoms with Crippen LogP contribution in [0.25, 0.3) is 0 Å². The highest BCUT2D eigenvalue weighted by molar-refractivity contribution is 6.74. The van der Waals surface area contributed by atoms with Gasteiger partial charge in [-0.15, -0.1) is 0 Å². The summed E-state index contributed by atoms with van der Waals surface area (Å²) in [5.74, 6) is -0.307. The third-order valence-electron chi connectivity index (χ3n) is 12.3. The molecule has 54 heavy (non-hydrogen) atoms. The molecule has 284 valence electrons. The van der Waals surface area contributed by atoms with Crippen molar-refractivity contribution in [1.82, 2.24) is 0 Å². The van der Waals surface area contributed by atoms with E-state index in [4.69, 9.17) is 8.85 Å². The number of carbonyl (C=O) groups excluding carboxylic acids is 2. The van der Waals surface area contributed by atoms with Crippen LogP contribution in [0.5, 0.6) is 0 Å².